The molecule has 2 rings (SSSR count). The van der Waals surface area contributed by atoms with Gasteiger partial charge in [-0.25, -0.2) is 0 Å². The van der Waals surface area contributed by atoms with Crippen LogP contribution in [0.1, 0.15) is 24.0 Å². The van der Waals surface area contributed by atoms with Crippen LogP contribution in [-0.2, 0) is 11.3 Å². The molecule has 1 aromatic rings. The van der Waals surface area contributed by atoms with Gasteiger partial charge >= 0.3 is 0 Å². The predicted molar refractivity (Wildman–Crippen MR) is 71.3 cm³/mol. The van der Waals surface area contributed by atoms with Crippen LogP contribution in [0.15, 0.2) is 18.2 Å². The molecule has 1 aliphatic rings. The van der Waals surface area contributed by atoms with Crippen molar-refractivity contribution in [3.05, 3.63) is 29.3 Å². The Labute approximate surface area is 104 Å². The first-order valence-corrected chi connectivity index (χ1v) is 6.33. The van der Waals surface area contributed by atoms with Crippen molar-refractivity contribution in [2.75, 3.05) is 25.1 Å². The van der Waals surface area contributed by atoms with Gasteiger partial charge in [-0.3, -0.25) is 0 Å². The van der Waals surface area contributed by atoms with Crippen LogP contribution < -0.4 is 10.6 Å². The van der Waals surface area contributed by atoms with Gasteiger partial charge in [0, 0.05) is 32.4 Å². The molecule has 1 saturated heterocycles. The maximum absolute atomic E-state index is 5.81. The predicted octanol–water partition coefficient (Wildman–Crippen LogP) is 2.07. The summed E-state index contributed by atoms with van der Waals surface area (Å²) >= 11 is 0. The van der Waals surface area contributed by atoms with Crippen LogP contribution in [0, 0.1) is 6.92 Å². The molecule has 1 unspecified atom stereocenters. The molecule has 3 nitrogen and oxygen atoms in total. The third kappa shape index (κ3) is 2.99. The van der Waals surface area contributed by atoms with Gasteiger partial charge in [0.15, 0.2) is 0 Å². The van der Waals surface area contributed by atoms with Crippen LogP contribution in [0.5, 0.6) is 0 Å². The van der Waals surface area contributed by atoms with Gasteiger partial charge in [-0.15, -0.1) is 0 Å². The lowest BCUT2D eigenvalue weighted by Crippen LogP contribution is -2.29. The first kappa shape index (κ1) is 12.4. The Bertz CT molecular complexity index is 372. The highest BCUT2D eigenvalue weighted by Gasteiger charge is 2.18. The smallest absolute Gasteiger partial charge is 0.0750 e. The third-order valence-corrected chi connectivity index (χ3v) is 3.37. The van der Waals surface area contributed by atoms with E-state index in [1.807, 2.05) is 0 Å². The van der Waals surface area contributed by atoms with E-state index < -0.39 is 0 Å². The maximum atomic E-state index is 5.81. The lowest BCUT2D eigenvalue weighted by molar-refractivity contribution is 0.116. The fourth-order valence-electron chi connectivity index (χ4n) is 2.44. The van der Waals surface area contributed by atoms with Crippen LogP contribution in [0.3, 0.4) is 0 Å². The second-order valence-corrected chi connectivity index (χ2v) is 4.85. The monoisotopic (exact) mass is 234 g/mol. The summed E-state index contributed by atoms with van der Waals surface area (Å²) in [5, 5.41) is 0. The zero-order valence-corrected chi connectivity index (χ0v) is 10.8. The van der Waals surface area contributed by atoms with Crippen LogP contribution >= 0.6 is 0 Å². The van der Waals surface area contributed by atoms with E-state index in [4.69, 9.17) is 10.5 Å². The SMILES string of the molecule is Cc1ccc(N(C)CC2CCCO2)c(CN)c1. The average molecular weight is 234 g/mol. The molecule has 0 spiro atoms. The Morgan fingerprint density at radius 2 is 2.29 bits per heavy atom. The summed E-state index contributed by atoms with van der Waals surface area (Å²) in [5.41, 5.74) is 9.51. The Kier molecular flexibility index (Phi) is 4.02. The van der Waals surface area contributed by atoms with Gasteiger partial charge < -0.3 is 15.4 Å². The number of anilines is 1. The van der Waals surface area contributed by atoms with Crippen molar-refractivity contribution in [2.45, 2.75) is 32.4 Å². The van der Waals surface area contributed by atoms with Gasteiger partial charge in [0.05, 0.1) is 6.10 Å². The molecule has 1 aliphatic heterocycles. The molecule has 2 N–H and O–H groups in total. The fraction of sp³-hybridized carbons (Fsp3) is 0.571. The topological polar surface area (TPSA) is 38.5 Å². The van der Waals surface area contributed by atoms with Crippen molar-refractivity contribution in [2.24, 2.45) is 5.73 Å². The molecule has 0 radical (unpaired) electrons. The number of hydrogen-bond donors (Lipinski definition) is 1. The largest absolute Gasteiger partial charge is 0.376 e. The van der Waals surface area contributed by atoms with Gasteiger partial charge in [-0.05, 0) is 31.4 Å². The summed E-state index contributed by atoms with van der Waals surface area (Å²) in [4.78, 5) is 2.26. The minimum Gasteiger partial charge on any atom is -0.376 e. The first-order chi connectivity index (χ1) is 8.20. The number of rotatable bonds is 4. The van der Waals surface area contributed by atoms with E-state index in [1.165, 1.54) is 29.7 Å². The molecule has 17 heavy (non-hydrogen) atoms. The number of ether oxygens (including phenoxy) is 1. The summed E-state index contributed by atoms with van der Waals surface area (Å²) in [6.07, 6.45) is 2.75. The quantitative estimate of drug-likeness (QED) is 0.866. The van der Waals surface area contributed by atoms with E-state index in [0.29, 0.717) is 12.6 Å². The molecule has 0 aliphatic carbocycles. The summed E-state index contributed by atoms with van der Waals surface area (Å²) in [6, 6.07) is 6.47. The normalized spacial score (nSPS) is 19.6. The number of benzene rings is 1. The summed E-state index contributed by atoms with van der Waals surface area (Å²) in [5.74, 6) is 0. The molecular formula is C14H22N2O. The molecule has 0 bridgehead atoms. The molecular weight excluding hydrogens is 212 g/mol. The van der Waals surface area contributed by atoms with Crippen LogP contribution in [0.2, 0.25) is 0 Å². The molecule has 0 saturated carbocycles. The number of aryl methyl sites for hydroxylation is 1. The highest BCUT2D eigenvalue weighted by molar-refractivity contribution is 5.54. The van der Waals surface area contributed by atoms with Gasteiger partial charge in [0.25, 0.3) is 0 Å². The molecule has 0 amide bonds. The van der Waals surface area contributed by atoms with E-state index in [-0.39, 0.29) is 0 Å². The minimum absolute atomic E-state index is 0.381. The summed E-state index contributed by atoms with van der Waals surface area (Å²) < 4.78 is 5.67. The second kappa shape index (κ2) is 5.52. The van der Waals surface area contributed by atoms with Crippen molar-refractivity contribution in [1.82, 2.24) is 0 Å². The minimum atomic E-state index is 0.381. The molecule has 1 aromatic carbocycles. The second-order valence-electron chi connectivity index (χ2n) is 4.85. The standard InChI is InChI=1S/C14H22N2O/c1-11-5-6-14(12(8-11)9-15)16(2)10-13-4-3-7-17-13/h5-6,8,13H,3-4,7,9-10,15H2,1-2H3. The maximum Gasteiger partial charge on any atom is 0.0750 e. The lowest BCUT2D eigenvalue weighted by Gasteiger charge is -2.25. The van der Waals surface area contributed by atoms with Crippen molar-refractivity contribution in [3.8, 4) is 0 Å². The first-order valence-electron chi connectivity index (χ1n) is 6.33. The van der Waals surface area contributed by atoms with Gasteiger partial charge in [0.2, 0.25) is 0 Å². The molecule has 0 aromatic heterocycles. The molecule has 1 atom stereocenters. The number of nitrogens with two attached hydrogens (primary N) is 1. The van der Waals surface area contributed by atoms with Gasteiger partial charge in [-0.1, -0.05) is 17.7 Å². The van der Waals surface area contributed by atoms with E-state index in [0.717, 1.165) is 13.2 Å². The van der Waals surface area contributed by atoms with Crippen LogP contribution in [0.4, 0.5) is 5.69 Å². The number of nitrogens with zero attached hydrogens (tertiary/aromatic N) is 1. The Hall–Kier alpha value is -1.06. The van der Waals surface area contributed by atoms with E-state index in [9.17, 15) is 0 Å². The third-order valence-electron chi connectivity index (χ3n) is 3.37. The molecule has 1 heterocycles. The van der Waals surface area contributed by atoms with Crippen molar-refractivity contribution < 1.29 is 4.74 Å². The highest BCUT2D eigenvalue weighted by atomic mass is 16.5. The van der Waals surface area contributed by atoms with Crippen molar-refractivity contribution in [1.29, 1.82) is 0 Å². The Morgan fingerprint density at radius 1 is 1.47 bits per heavy atom. The summed E-state index contributed by atoms with van der Waals surface area (Å²) in [6.45, 7) is 4.56. The van der Waals surface area contributed by atoms with Crippen LogP contribution in [0.25, 0.3) is 0 Å². The van der Waals surface area contributed by atoms with E-state index >= 15 is 0 Å². The lowest BCUT2D eigenvalue weighted by atomic mass is 10.1. The molecule has 1 fully saturated rings. The van der Waals surface area contributed by atoms with Gasteiger partial charge in [0.1, 0.15) is 0 Å². The molecule has 94 valence electrons. The fourth-order valence-corrected chi connectivity index (χ4v) is 2.44. The zero-order valence-electron chi connectivity index (χ0n) is 10.8. The Morgan fingerprint density at radius 3 is 2.94 bits per heavy atom. The number of likely N-dealkylation sites (N-methyl/N-ethyl adjacent to an activating group) is 1. The van der Waals surface area contributed by atoms with Crippen LogP contribution in [-0.4, -0.2) is 26.3 Å². The summed E-state index contributed by atoms with van der Waals surface area (Å²) in [7, 11) is 2.12. The van der Waals surface area contributed by atoms with E-state index in [1.54, 1.807) is 0 Å². The number of hydrogen-bond acceptors (Lipinski definition) is 3. The zero-order chi connectivity index (χ0) is 12.3. The highest BCUT2D eigenvalue weighted by Crippen LogP contribution is 2.22. The average Bonchev–Trinajstić information content (AvgIpc) is 2.81. The van der Waals surface area contributed by atoms with Gasteiger partial charge in [-0.2, -0.15) is 0 Å². The van der Waals surface area contributed by atoms with Crippen molar-refractivity contribution >= 4 is 5.69 Å². The van der Waals surface area contributed by atoms with Crippen molar-refractivity contribution in [3.63, 3.8) is 0 Å². The van der Waals surface area contributed by atoms with E-state index in [2.05, 4.69) is 37.1 Å². The Balaban J connectivity index is 2.09. The molecule has 3 heteroatoms.